The third kappa shape index (κ3) is 5.43. The molecule has 0 aliphatic carbocycles. The summed E-state index contributed by atoms with van der Waals surface area (Å²) >= 11 is 0. The zero-order chi connectivity index (χ0) is 22.3. The Morgan fingerprint density at radius 3 is 2.16 bits per heavy atom. The van der Waals surface area contributed by atoms with E-state index in [0.717, 1.165) is 45.0 Å². The summed E-state index contributed by atoms with van der Waals surface area (Å²) in [5.41, 5.74) is 7.17. The number of hydrogen-bond acceptors (Lipinski definition) is 6. The summed E-state index contributed by atoms with van der Waals surface area (Å²) in [6.45, 7) is 6.19. The first kappa shape index (κ1) is 21.8. The highest BCUT2D eigenvalue weighted by Crippen LogP contribution is 2.17. The first-order chi connectivity index (χ1) is 15.6. The predicted molar refractivity (Wildman–Crippen MR) is 122 cm³/mol. The van der Waals surface area contributed by atoms with Gasteiger partial charge in [-0.25, -0.2) is 14.4 Å². The number of guanidine groups is 1. The monoisotopic (exact) mass is 440 g/mol. The van der Waals surface area contributed by atoms with Gasteiger partial charge >= 0.3 is 0 Å². The zero-order valence-electron chi connectivity index (χ0n) is 18.1. The minimum atomic E-state index is -0.231. The third-order valence-electron chi connectivity index (χ3n) is 5.86. The zero-order valence-corrected chi connectivity index (χ0v) is 18.1. The number of aromatic nitrogens is 2. The normalized spacial score (nSPS) is 17.6. The van der Waals surface area contributed by atoms with Crippen molar-refractivity contribution in [1.82, 2.24) is 19.8 Å². The number of amides is 1. The molecule has 1 amide bonds. The molecule has 32 heavy (non-hydrogen) atoms. The van der Waals surface area contributed by atoms with Crippen molar-refractivity contribution in [3.8, 4) is 0 Å². The van der Waals surface area contributed by atoms with Crippen LogP contribution < -0.4 is 15.5 Å². The molecule has 0 saturated carbocycles. The molecule has 4 rings (SSSR count). The number of carbonyl (C=O) groups is 1. The first-order valence-electron chi connectivity index (χ1n) is 11.0. The van der Waals surface area contributed by atoms with Gasteiger partial charge in [0.15, 0.2) is 5.96 Å². The number of piperazine rings is 2. The van der Waals surface area contributed by atoms with Crippen LogP contribution >= 0.6 is 0 Å². The third-order valence-corrected chi connectivity index (χ3v) is 5.86. The lowest BCUT2D eigenvalue weighted by molar-refractivity contribution is -0.131. The lowest BCUT2D eigenvalue weighted by atomic mass is 10.2. The van der Waals surface area contributed by atoms with E-state index in [4.69, 9.17) is 5.73 Å². The van der Waals surface area contributed by atoms with Gasteiger partial charge in [0.2, 0.25) is 11.9 Å². The molecule has 0 radical (unpaired) electrons. The van der Waals surface area contributed by atoms with Crippen molar-refractivity contribution in [1.29, 1.82) is 0 Å². The van der Waals surface area contributed by atoms with Crippen LogP contribution in [0.3, 0.4) is 0 Å². The molecule has 0 spiro atoms. The quantitative estimate of drug-likeness (QED) is 0.543. The van der Waals surface area contributed by atoms with Crippen molar-refractivity contribution in [3.63, 3.8) is 0 Å². The number of rotatable bonds is 5. The van der Waals surface area contributed by atoms with Crippen LogP contribution in [0.1, 0.15) is 6.42 Å². The van der Waals surface area contributed by atoms with Crippen LogP contribution in [0.15, 0.2) is 47.7 Å². The summed E-state index contributed by atoms with van der Waals surface area (Å²) in [7, 11) is 0. The summed E-state index contributed by atoms with van der Waals surface area (Å²) in [4.78, 5) is 33.7. The van der Waals surface area contributed by atoms with E-state index >= 15 is 0 Å². The Hall–Kier alpha value is -3.43. The summed E-state index contributed by atoms with van der Waals surface area (Å²) in [6.07, 6.45) is 3.80. The van der Waals surface area contributed by atoms with E-state index in [0.29, 0.717) is 38.0 Å². The Morgan fingerprint density at radius 1 is 0.906 bits per heavy atom. The van der Waals surface area contributed by atoms with Crippen molar-refractivity contribution in [2.24, 2.45) is 10.7 Å². The van der Waals surface area contributed by atoms with E-state index in [1.165, 1.54) is 12.1 Å². The average Bonchev–Trinajstić information content (AvgIpc) is 2.85. The van der Waals surface area contributed by atoms with E-state index in [9.17, 15) is 9.18 Å². The van der Waals surface area contributed by atoms with Crippen molar-refractivity contribution >= 4 is 23.5 Å². The van der Waals surface area contributed by atoms with E-state index in [-0.39, 0.29) is 11.7 Å². The molecular formula is C22H29FN8O. The Kier molecular flexibility index (Phi) is 6.98. The van der Waals surface area contributed by atoms with Crippen molar-refractivity contribution in [3.05, 3.63) is 48.5 Å². The van der Waals surface area contributed by atoms with Crippen LogP contribution in [0, 0.1) is 5.82 Å². The number of halogens is 1. The number of carbonyl (C=O) groups excluding carboxylic acids is 1. The Bertz CT molecular complexity index is 907. The number of anilines is 2. The fourth-order valence-corrected chi connectivity index (χ4v) is 3.98. The summed E-state index contributed by atoms with van der Waals surface area (Å²) in [6, 6.07) is 8.33. The maximum atomic E-state index is 13.1. The van der Waals surface area contributed by atoms with Crippen LogP contribution in [0.5, 0.6) is 0 Å². The number of benzene rings is 1. The molecule has 2 saturated heterocycles. The largest absolute Gasteiger partial charge is 0.370 e. The van der Waals surface area contributed by atoms with Crippen LogP contribution in [-0.2, 0) is 4.79 Å². The molecule has 2 aliphatic rings. The molecule has 9 nitrogen and oxygen atoms in total. The van der Waals surface area contributed by atoms with E-state index in [2.05, 4.69) is 24.8 Å². The summed E-state index contributed by atoms with van der Waals surface area (Å²) in [5, 5.41) is 0. The molecule has 2 aliphatic heterocycles. The lowest BCUT2D eigenvalue weighted by Crippen LogP contribution is -2.51. The number of nitrogens with two attached hydrogens (primary N) is 1. The van der Waals surface area contributed by atoms with Gasteiger partial charge in [0, 0.05) is 76.9 Å². The first-order valence-corrected chi connectivity index (χ1v) is 11.0. The second-order valence-electron chi connectivity index (χ2n) is 7.86. The topological polar surface area (TPSA) is 94.2 Å². The second-order valence-corrected chi connectivity index (χ2v) is 7.86. The molecule has 1 aromatic heterocycles. The van der Waals surface area contributed by atoms with Crippen LogP contribution in [-0.4, -0.2) is 90.5 Å². The predicted octanol–water partition coefficient (Wildman–Crippen LogP) is 0.791. The highest BCUT2D eigenvalue weighted by molar-refractivity contribution is 5.80. The van der Waals surface area contributed by atoms with Gasteiger partial charge in [0.1, 0.15) is 5.82 Å². The highest BCUT2D eigenvalue weighted by atomic mass is 19.1. The molecule has 0 unspecified atom stereocenters. The van der Waals surface area contributed by atoms with Gasteiger partial charge < -0.3 is 25.3 Å². The summed E-state index contributed by atoms with van der Waals surface area (Å²) in [5.74, 6) is 1.04. The standard InChI is InChI=1S/C22H29FN8O/c23-18-2-4-19(5-3-18)28-10-14-30(15-11-28)21(24)25-9-6-20(32)29-12-16-31(17-13-29)22-26-7-1-8-27-22/h1-5,7-8H,6,9-17H2,(H2,24,25). The fourth-order valence-electron chi connectivity index (χ4n) is 3.98. The minimum Gasteiger partial charge on any atom is -0.370 e. The maximum absolute atomic E-state index is 13.1. The van der Waals surface area contributed by atoms with Crippen molar-refractivity contribution in [2.45, 2.75) is 6.42 Å². The smallest absolute Gasteiger partial charge is 0.225 e. The molecule has 170 valence electrons. The maximum Gasteiger partial charge on any atom is 0.225 e. The molecule has 1 aromatic carbocycles. The second kappa shape index (κ2) is 10.3. The Morgan fingerprint density at radius 2 is 1.50 bits per heavy atom. The molecule has 0 bridgehead atoms. The number of nitrogens with zero attached hydrogens (tertiary/aromatic N) is 7. The minimum absolute atomic E-state index is 0.0938. The van der Waals surface area contributed by atoms with Crippen LogP contribution in [0.25, 0.3) is 0 Å². The Labute approximate surface area is 187 Å². The molecule has 0 atom stereocenters. The SMILES string of the molecule is NC(=NCCC(=O)N1CCN(c2ncccn2)CC1)N1CCN(c2ccc(F)cc2)CC1. The molecule has 2 aromatic rings. The molecule has 3 heterocycles. The van der Waals surface area contributed by atoms with Crippen LogP contribution in [0.4, 0.5) is 16.0 Å². The molecule has 2 fully saturated rings. The van der Waals surface area contributed by atoms with Gasteiger partial charge in [0.25, 0.3) is 0 Å². The highest BCUT2D eigenvalue weighted by Gasteiger charge is 2.22. The number of hydrogen-bond donors (Lipinski definition) is 1. The molecular weight excluding hydrogens is 411 g/mol. The van der Waals surface area contributed by atoms with Gasteiger partial charge in [-0.3, -0.25) is 9.79 Å². The van der Waals surface area contributed by atoms with E-state index in [1.807, 2.05) is 9.80 Å². The fraction of sp³-hybridized carbons (Fsp3) is 0.455. The summed E-state index contributed by atoms with van der Waals surface area (Å²) < 4.78 is 13.1. The number of aliphatic imine (C=N–C) groups is 1. The van der Waals surface area contributed by atoms with E-state index < -0.39 is 0 Å². The van der Waals surface area contributed by atoms with Gasteiger partial charge in [-0.05, 0) is 30.3 Å². The van der Waals surface area contributed by atoms with Gasteiger partial charge in [-0.1, -0.05) is 0 Å². The van der Waals surface area contributed by atoms with Gasteiger partial charge in [-0.15, -0.1) is 0 Å². The van der Waals surface area contributed by atoms with Crippen molar-refractivity contribution in [2.75, 3.05) is 68.7 Å². The molecule has 2 N–H and O–H groups in total. The lowest BCUT2D eigenvalue weighted by Gasteiger charge is -2.36. The van der Waals surface area contributed by atoms with Crippen LogP contribution in [0.2, 0.25) is 0 Å². The van der Waals surface area contributed by atoms with Gasteiger partial charge in [0.05, 0.1) is 6.54 Å². The Balaban J connectivity index is 1.18. The van der Waals surface area contributed by atoms with Crippen molar-refractivity contribution < 1.29 is 9.18 Å². The molecule has 10 heteroatoms. The van der Waals surface area contributed by atoms with Gasteiger partial charge in [-0.2, -0.15) is 0 Å². The van der Waals surface area contributed by atoms with E-state index in [1.54, 1.807) is 30.6 Å². The average molecular weight is 441 g/mol.